The molecule has 4 aromatic carbocycles. The van der Waals surface area contributed by atoms with E-state index in [1.165, 1.54) is 12.1 Å². The molecule has 7 nitrogen and oxygen atoms in total. The van der Waals surface area contributed by atoms with Crippen LogP contribution in [0.1, 0.15) is 12.5 Å². The molecule has 1 aromatic heterocycles. The molecule has 5 aromatic rings. The van der Waals surface area contributed by atoms with Crippen LogP contribution in [0.25, 0.3) is 16.9 Å². The standard InChI is InChI=1S/C30H24ClN3O4S/c1-2-37-29-19-22(13-18-28(29)38-39(35,36)26-11-7-4-8-12-26)21-32-30-20-27(23-14-16-24(31)17-15-23)33-34(30)25-9-5-3-6-10-25/h3-21H,2H2,1H3. The lowest BCUT2D eigenvalue weighted by molar-refractivity contribution is 0.327. The van der Waals surface area contributed by atoms with Crippen molar-refractivity contribution in [3.8, 4) is 28.4 Å². The summed E-state index contributed by atoms with van der Waals surface area (Å²) in [6.45, 7) is 2.14. The number of benzene rings is 4. The molecular weight excluding hydrogens is 534 g/mol. The molecule has 0 saturated carbocycles. The zero-order chi connectivity index (χ0) is 27.2. The molecule has 0 amide bonds. The lowest BCUT2D eigenvalue weighted by Gasteiger charge is -2.12. The molecule has 5 rings (SSSR count). The first-order valence-corrected chi connectivity index (χ1v) is 13.9. The maximum atomic E-state index is 12.7. The smallest absolute Gasteiger partial charge is 0.339 e. The largest absolute Gasteiger partial charge is 0.490 e. The van der Waals surface area contributed by atoms with Crippen LogP contribution in [0.15, 0.2) is 119 Å². The van der Waals surface area contributed by atoms with E-state index in [2.05, 4.69) is 0 Å². The summed E-state index contributed by atoms with van der Waals surface area (Å²) in [4.78, 5) is 4.76. The number of aliphatic imine (C=N–C) groups is 1. The summed E-state index contributed by atoms with van der Waals surface area (Å²) in [6.07, 6.45) is 1.67. The fraction of sp³-hybridized carbons (Fsp3) is 0.0667. The van der Waals surface area contributed by atoms with Gasteiger partial charge in [-0.15, -0.1) is 0 Å². The number of para-hydroxylation sites is 1. The van der Waals surface area contributed by atoms with Crippen molar-refractivity contribution in [2.24, 2.45) is 4.99 Å². The van der Waals surface area contributed by atoms with E-state index < -0.39 is 10.1 Å². The third kappa shape index (κ3) is 6.19. The van der Waals surface area contributed by atoms with Gasteiger partial charge in [0.1, 0.15) is 4.90 Å². The summed E-state index contributed by atoms with van der Waals surface area (Å²) in [6, 6.07) is 32.0. The molecule has 0 radical (unpaired) electrons. The predicted octanol–water partition coefficient (Wildman–Crippen LogP) is 7.11. The quantitative estimate of drug-likeness (QED) is 0.142. The van der Waals surface area contributed by atoms with Crippen molar-refractivity contribution in [1.29, 1.82) is 0 Å². The first-order valence-electron chi connectivity index (χ1n) is 12.1. The molecule has 0 spiro atoms. The maximum Gasteiger partial charge on any atom is 0.339 e. The Kier molecular flexibility index (Phi) is 7.76. The zero-order valence-electron chi connectivity index (χ0n) is 20.9. The minimum atomic E-state index is -4.02. The van der Waals surface area contributed by atoms with E-state index in [9.17, 15) is 8.42 Å². The molecule has 39 heavy (non-hydrogen) atoms. The number of nitrogens with zero attached hydrogens (tertiary/aromatic N) is 3. The lowest BCUT2D eigenvalue weighted by Crippen LogP contribution is -2.10. The molecular formula is C30H24ClN3O4S. The van der Waals surface area contributed by atoms with E-state index in [1.807, 2.05) is 67.6 Å². The van der Waals surface area contributed by atoms with Crippen molar-refractivity contribution in [3.05, 3.63) is 120 Å². The second-order valence-corrected chi connectivity index (χ2v) is 10.4. The molecule has 196 valence electrons. The number of rotatable bonds is 9. The van der Waals surface area contributed by atoms with Gasteiger partial charge in [0.2, 0.25) is 0 Å². The van der Waals surface area contributed by atoms with Crippen LogP contribution in [0.4, 0.5) is 5.82 Å². The van der Waals surface area contributed by atoms with E-state index >= 15 is 0 Å². The van der Waals surface area contributed by atoms with Gasteiger partial charge in [-0.1, -0.05) is 60.1 Å². The second kappa shape index (κ2) is 11.6. The van der Waals surface area contributed by atoms with E-state index in [-0.39, 0.29) is 10.6 Å². The van der Waals surface area contributed by atoms with Crippen LogP contribution in [-0.4, -0.2) is 31.0 Å². The van der Waals surface area contributed by atoms with Crippen molar-refractivity contribution >= 4 is 33.8 Å². The van der Waals surface area contributed by atoms with Crippen LogP contribution in [0.2, 0.25) is 5.02 Å². The molecule has 0 bridgehead atoms. The number of halogens is 1. The molecule has 0 unspecified atom stereocenters. The van der Waals surface area contributed by atoms with E-state index in [4.69, 9.17) is 30.6 Å². The predicted molar refractivity (Wildman–Crippen MR) is 153 cm³/mol. The van der Waals surface area contributed by atoms with Crippen LogP contribution < -0.4 is 8.92 Å². The monoisotopic (exact) mass is 557 g/mol. The molecule has 9 heteroatoms. The Morgan fingerprint density at radius 1 is 0.872 bits per heavy atom. The fourth-order valence-corrected chi connectivity index (χ4v) is 4.91. The maximum absolute atomic E-state index is 12.7. The Morgan fingerprint density at radius 2 is 1.56 bits per heavy atom. The first kappa shape index (κ1) is 26.2. The van der Waals surface area contributed by atoms with Gasteiger partial charge in [0, 0.05) is 22.9 Å². The van der Waals surface area contributed by atoms with E-state index in [0.29, 0.717) is 28.8 Å². The number of ether oxygens (including phenoxy) is 1. The molecule has 0 aliphatic heterocycles. The topological polar surface area (TPSA) is 82.8 Å². The van der Waals surface area contributed by atoms with Crippen LogP contribution in [0.3, 0.4) is 0 Å². The summed E-state index contributed by atoms with van der Waals surface area (Å²) >= 11 is 6.06. The van der Waals surface area contributed by atoms with Crippen molar-refractivity contribution in [1.82, 2.24) is 9.78 Å². The highest BCUT2D eigenvalue weighted by Crippen LogP contribution is 2.32. The second-order valence-electron chi connectivity index (χ2n) is 8.39. The fourth-order valence-electron chi connectivity index (χ4n) is 3.82. The Hall–Kier alpha value is -4.40. The van der Waals surface area contributed by atoms with Gasteiger partial charge in [-0.25, -0.2) is 9.67 Å². The van der Waals surface area contributed by atoms with Gasteiger partial charge < -0.3 is 8.92 Å². The number of hydrogen-bond acceptors (Lipinski definition) is 6. The Balaban J connectivity index is 1.47. The number of aromatic nitrogens is 2. The normalized spacial score (nSPS) is 11.5. The molecule has 0 fully saturated rings. The van der Waals surface area contributed by atoms with Gasteiger partial charge in [0.15, 0.2) is 17.3 Å². The molecule has 0 N–H and O–H groups in total. The highest BCUT2D eigenvalue weighted by Gasteiger charge is 2.19. The average molecular weight is 558 g/mol. The van der Waals surface area contributed by atoms with Gasteiger partial charge in [-0.05, 0) is 67.1 Å². The van der Waals surface area contributed by atoms with Crippen LogP contribution in [0, 0.1) is 0 Å². The minimum Gasteiger partial charge on any atom is -0.490 e. The van der Waals surface area contributed by atoms with Crippen LogP contribution in [0.5, 0.6) is 11.5 Å². The Bertz CT molecular complexity index is 1700. The first-order chi connectivity index (χ1) is 18.9. The van der Waals surface area contributed by atoms with Crippen LogP contribution >= 0.6 is 11.6 Å². The van der Waals surface area contributed by atoms with E-state index in [1.54, 1.807) is 47.3 Å². The highest BCUT2D eigenvalue weighted by molar-refractivity contribution is 7.87. The summed E-state index contributed by atoms with van der Waals surface area (Å²) < 4.78 is 38.3. The summed E-state index contributed by atoms with van der Waals surface area (Å²) in [5, 5.41) is 5.42. The van der Waals surface area contributed by atoms with Crippen LogP contribution in [-0.2, 0) is 10.1 Å². The van der Waals surface area contributed by atoms with Crippen molar-refractivity contribution in [2.45, 2.75) is 11.8 Å². The minimum absolute atomic E-state index is 0.0590. The van der Waals surface area contributed by atoms with Gasteiger partial charge in [0.25, 0.3) is 0 Å². The van der Waals surface area contributed by atoms with Crippen molar-refractivity contribution in [3.63, 3.8) is 0 Å². The number of hydrogen-bond donors (Lipinski definition) is 0. The van der Waals surface area contributed by atoms with Gasteiger partial charge >= 0.3 is 10.1 Å². The van der Waals surface area contributed by atoms with Crippen molar-refractivity contribution < 1.29 is 17.3 Å². The lowest BCUT2D eigenvalue weighted by atomic mass is 10.1. The summed E-state index contributed by atoms with van der Waals surface area (Å²) in [5.74, 6) is 0.993. The SMILES string of the molecule is CCOc1cc(C=Nc2cc(-c3ccc(Cl)cc3)nn2-c2ccccc2)ccc1OS(=O)(=O)c1ccccc1. The average Bonchev–Trinajstić information content (AvgIpc) is 3.39. The zero-order valence-corrected chi connectivity index (χ0v) is 22.5. The summed E-state index contributed by atoms with van der Waals surface area (Å²) in [7, 11) is -4.02. The van der Waals surface area contributed by atoms with Gasteiger partial charge in [0.05, 0.1) is 18.0 Å². The Labute approximate surface area is 232 Å². The molecule has 0 atom stereocenters. The highest BCUT2D eigenvalue weighted by atomic mass is 35.5. The molecule has 0 aliphatic rings. The molecule has 0 saturated heterocycles. The van der Waals surface area contributed by atoms with E-state index in [0.717, 1.165) is 16.9 Å². The van der Waals surface area contributed by atoms with Crippen molar-refractivity contribution in [2.75, 3.05) is 6.61 Å². The summed E-state index contributed by atoms with van der Waals surface area (Å²) in [5.41, 5.74) is 3.20. The molecule has 0 aliphatic carbocycles. The third-order valence-corrected chi connectivity index (χ3v) is 7.18. The van der Waals surface area contributed by atoms with Gasteiger partial charge in [-0.2, -0.15) is 13.5 Å². The Morgan fingerprint density at radius 3 is 2.26 bits per heavy atom. The van der Waals surface area contributed by atoms with Gasteiger partial charge in [-0.3, -0.25) is 0 Å². The third-order valence-electron chi connectivity index (χ3n) is 5.68. The molecule has 1 heterocycles.